The van der Waals surface area contributed by atoms with E-state index in [1.54, 1.807) is 12.1 Å². The minimum atomic E-state index is -0.477. The van der Waals surface area contributed by atoms with Gasteiger partial charge < -0.3 is 4.74 Å². The molecule has 1 aromatic rings. The molecule has 0 unspecified atom stereocenters. The molecule has 16 heavy (non-hydrogen) atoms. The van der Waals surface area contributed by atoms with Crippen LogP contribution < -0.4 is 0 Å². The second-order valence-corrected chi connectivity index (χ2v) is 4.86. The summed E-state index contributed by atoms with van der Waals surface area (Å²) >= 11 is 5.90. The summed E-state index contributed by atoms with van der Waals surface area (Å²) in [5.41, 5.74) is 0.867. The van der Waals surface area contributed by atoms with Crippen LogP contribution in [0.2, 0.25) is 5.15 Å². The second kappa shape index (κ2) is 3.45. The third-order valence-corrected chi connectivity index (χ3v) is 3.67. The van der Waals surface area contributed by atoms with Crippen LogP contribution in [0.1, 0.15) is 48.2 Å². The fraction of sp³-hybridized carbons (Fsp3) is 0.500. The topological polar surface area (TPSA) is 39.2 Å². The monoisotopic (exact) mass is 237 g/mol. The van der Waals surface area contributed by atoms with Crippen LogP contribution in [0, 0.1) is 0 Å². The molecule has 1 spiro atoms. The van der Waals surface area contributed by atoms with Crippen molar-refractivity contribution >= 4 is 17.6 Å². The molecule has 0 bridgehead atoms. The molecule has 2 aliphatic rings. The Kier molecular flexibility index (Phi) is 2.18. The normalized spacial score (nSPS) is 21.9. The summed E-state index contributed by atoms with van der Waals surface area (Å²) in [7, 11) is 0. The number of halogens is 1. The third-order valence-electron chi connectivity index (χ3n) is 3.46. The molecule has 2 heterocycles. The van der Waals surface area contributed by atoms with E-state index < -0.39 is 5.60 Å². The van der Waals surface area contributed by atoms with E-state index in [2.05, 4.69) is 4.98 Å². The smallest absolute Gasteiger partial charge is 0.341 e. The number of pyridine rings is 1. The van der Waals surface area contributed by atoms with Gasteiger partial charge in [-0.2, -0.15) is 0 Å². The average molecular weight is 238 g/mol. The summed E-state index contributed by atoms with van der Waals surface area (Å²) in [6, 6.07) is 3.36. The lowest BCUT2D eigenvalue weighted by Crippen LogP contribution is -2.29. The van der Waals surface area contributed by atoms with Crippen LogP contribution in [0.25, 0.3) is 0 Å². The highest BCUT2D eigenvalue weighted by atomic mass is 35.5. The molecule has 3 rings (SSSR count). The molecule has 1 aliphatic carbocycles. The number of carbonyl (C=O) groups excluding carboxylic acids is 1. The SMILES string of the molecule is O=C1OC2(CCCCC2)c2nc(Cl)ccc21. The van der Waals surface area contributed by atoms with Crippen molar-refractivity contribution in [3.05, 3.63) is 28.5 Å². The zero-order valence-electron chi connectivity index (χ0n) is 8.83. The number of aromatic nitrogens is 1. The minimum absolute atomic E-state index is 0.249. The first-order chi connectivity index (χ1) is 7.71. The van der Waals surface area contributed by atoms with E-state index in [-0.39, 0.29) is 5.97 Å². The Morgan fingerprint density at radius 3 is 2.75 bits per heavy atom. The van der Waals surface area contributed by atoms with Crippen molar-refractivity contribution in [1.82, 2.24) is 4.98 Å². The zero-order chi connectivity index (χ0) is 11.2. The van der Waals surface area contributed by atoms with Crippen molar-refractivity contribution in [3.63, 3.8) is 0 Å². The molecule has 0 atom stereocenters. The van der Waals surface area contributed by atoms with Crippen molar-refractivity contribution in [1.29, 1.82) is 0 Å². The first-order valence-corrected chi connectivity index (χ1v) is 5.99. The van der Waals surface area contributed by atoms with Gasteiger partial charge in [0.2, 0.25) is 0 Å². The molecule has 0 aromatic carbocycles. The van der Waals surface area contributed by atoms with Crippen molar-refractivity contribution in [2.75, 3.05) is 0 Å². The lowest BCUT2D eigenvalue weighted by molar-refractivity contribution is -0.0299. The van der Waals surface area contributed by atoms with Gasteiger partial charge in [0.1, 0.15) is 10.8 Å². The molecule has 1 fully saturated rings. The number of hydrogen-bond donors (Lipinski definition) is 0. The lowest BCUT2D eigenvalue weighted by Gasteiger charge is -2.31. The maximum atomic E-state index is 11.7. The molecular weight excluding hydrogens is 226 g/mol. The van der Waals surface area contributed by atoms with E-state index in [0.717, 1.165) is 31.4 Å². The number of hydrogen-bond acceptors (Lipinski definition) is 3. The van der Waals surface area contributed by atoms with Crippen LogP contribution in [0.5, 0.6) is 0 Å². The lowest BCUT2D eigenvalue weighted by atomic mass is 9.82. The Labute approximate surface area is 98.8 Å². The molecule has 4 heteroatoms. The highest BCUT2D eigenvalue weighted by Gasteiger charge is 2.47. The van der Waals surface area contributed by atoms with Gasteiger partial charge in [-0.3, -0.25) is 0 Å². The summed E-state index contributed by atoms with van der Waals surface area (Å²) in [5, 5.41) is 0.432. The Hall–Kier alpha value is -1.09. The molecule has 3 nitrogen and oxygen atoms in total. The Morgan fingerprint density at radius 1 is 1.25 bits per heavy atom. The van der Waals surface area contributed by atoms with Gasteiger partial charge in [-0.25, -0.2) is 9.78 Å². The number of nitrogens with zero attached hydrogens (tertiary/aromatic N) is 1. The third kappa shape index (κ3) is 1.34. The van der Waals surface area contributed by atoms with E-state index in [1.165, 1.54) is 6.42 Å². The molecule has 84 valence electrons. The van der Waals surface area contributed by atoms with Gasteiger partial charge in [0.15, 0.2) is 5.60 Å². The van der Waals surface area contributed by atoms with E-state index in [0.29, 0.717) is 10.7 Å². The predicted octanol–water partition coefficient (Wildman–Crippen LogP) is 3.06. The molecule has 0 saturated heterocycles. The first-order valence-electron chi connectivity index (χ1n) is 5.62. The Morgan fingerprint density at radius 2 is 2.00 bits per heavy atom. The highest BCUT2D eigenvalue weighted by Crippen LogP contribution is 2.45. The van der Waals surface area contributed by atoms with Gasteiger partial charge >= 0.3 is 5.97 Å². The standard InChI is InChI=1S/C12H12ClNO2/c13-9-5-4-8-10(14-9)12(16-11(8)15)6-2-1-3-7-12/h4-5H,1-3,6-7H2. The largest absolute Gasteiger partial charge is 0.449 e. The molecule has 1 saturated carbocycles. The maximum absolute atomic E-state index is 11.7. The van der Waals surface area contributed by atoms with E-state index in [9.17, 15) is 4.79 Å². The summed E-state index contributed by atoms with van der Waals surface area (Å²) in [6.07, 6.45) is 5.12. The molecule has 1 aliphatic heterocycles. The van der Waals surface area contributed by atoms with Crippen molar-refractivity contribution in [3.8, 4) is 0 Å². The second-order valence-electron chi connectivity index (χ2n) is 4.47. The van der Waals surface area contributed by atoms with E-state index >= 15 is 0 Å². The molecule has 0 N–H and O–H groups in total. The number of carbonyl (C=O) groups is 1. The molecule has 1 aromatic heterocycles. The maximum Gasteiger partial charge on any atom is 0.341 e. The number of rotatable bonds is 0. The quantitative estimate of drug-likeness (QED) is 0.514. The van der Waals surface area contributed by atoms with Gasteiger partial charge in [-0.05, 0) is 37.8 Å². The predicted molar refractivity (Wildman–Crippen MR) is 59.4 cm³/mol. The molecule has 0 amide bonds. The number of ether oxygens (including phenoxy) is 1. The van der Waals surface area contributed by atoms with E-state index in [4.69, 9.17) is 16.3 Å². The van der Waals surface area contributed by atoms with Crippen LogP contribution in [0.15, 0.2) is 12.1 Å². The van der Waals surface area contributed by atoms with Gasteiger partial charge in [-0.1, -0.05) is 18.0 Å². The highest BCUT2D eigenvalue weighted by molar-refractivity contribution is 6.29. The first kappa shape index (κ1) is 10.1. The zero-order valence-corrected chi connectivity index (χ0v) is 9.59. The van der Waals surface area contributed by atoms with E-state index in [1.807, 2.05) is 0 Å². The van der Waals surface area contributed by atoms with Gasteiger partial charge in [0.25, 0.3) is 0 Å². The van der Waals surface area contributed by atoms with Crippen molar-refractivity contribution in [2.24, 2.45) is 0 Å². The van der Waals surface area contributed by atoms with Crippen LogP contribution in [-0.2, 0) is 10.3 Å². The fourth-order valence-corrected chi connectivity index (χ4v) is 2.84. The van der Waals surface area contributed by atoms with Gasteiger partial charge in [0, 0.05) is 0 Å². The minimum Gasteiger partial charge on any atom is -0.449 e. The summed E-state index contributed by atoms with van der Waals surface area (Å²) in [6.45, 7) is 0. The fourth-order valence-electron chi connectivity index (χ4n) is 2.69. The van der Waals surface area contributed by atoms with Gasteiger partial charge in [-0.15, -0.1) is 0 Å². The van der Waals surface area contributed by atoms with Crippen molar-refractivity contribution < 1.29 is 9.53 Å². The summed E-state index contributed by atoms with van der Waals surface area (Å²) in [5.74, 6) is -0.249. The van der Waals surface area contributed by atoms with Gasteiger partial charge in [0.05, 0.1) is 5.56 Å². The number of esters is 1. The molecule has 0 radical (unpaired) electrons. The summed E-state index contributed by atoms with van der Waals surface area (Å²) < 4.78 is 5.56. The molecular formula is C12H12ClNO2. The van der Waals surface area contributed by atoms with Crippen LogP contribution in [-0.4, -0.2) is 11.0 Å². The van der Waals surface area contributed by atoms with Crippen LogP contribution in [0.4, 0.5) is 0 Å². The van der Waals surface area contributed by atoms with Crippen LogP contribution >= 0.6 is 11.6 Å². The Bertz CT molecular complexity index is 452. The van der Waals surface area contributed by atoms with Crippen molar-refractivity contribution in [2.45, 2.75) is 37.7 Å². The number of fused-ring (bicyclic) bond motifs is 2. The van der Waals surface area contributed by atoms with Crippen LogP contribution in [0.3, 0.4) is 0 Å². The Balaban J connectivity index is 2.12. The summed E-state index contributed by atoms with van der Waals surface area (Å²) in [4.78, 5) is 16.0. The average Bonchev–Trinajstić information content (AvgIpc) is 2.53.